The van der Waals surface area contributed by atoms with Gasteiger partial charge < -0.3 is 4.90 Å². The highest BCUT2D eigenvalue weighted by atomic mass is 16.2. The first kappa shape index (κ1) is 20.8. The van der Waals surface area contributed by atoms with Gasteiger partial charge in [0, 0.05) is 31.5 Å². The highest BCUT2D eigenvalue weighted by molar-refractivity contribution is 6.35. The molecule has 2 aromatic rings. The predicted octanol–water partition coefficient (Wildman–Crippen LogP) is 3.75. The molecule has 0 fully saturated rings. The van der Waals surface area contributed by atoms with Gasteiger partial charge in [-0.25, -0.2) is 0 Å². The molecule has 5 heteroatoms. The summed E-state index contributed by atoms with van der Waals surface area (Å²) in [6.07, 6.45) is 4.33. The van der Waals surface area contributed by atoms with E-state index in [4.69, 9.17) is 0 Å². The van der Waals surface area contributed by atoms with E-state index in [-0.39, 0.29) is 17.9 Å². The van der Waals surface area contributed by atoms with E-state index in [0.29, 0.717) is 24.4 Å². The van der Waals surface area contributed by atoms with E-state index >= 15 is 0 Å². The topological polar surface area (TPSA) is 53.5 Å². The Morgan fingerprint density at radius 1 is 1.00 bits per heavy atom. The number of benzene rings is 1. The molecular formula is C24H29N3O2. The molecule has 2 heterocycles. The van der Waals surface area contributed by atoms with Gasteiger partial charge in [-0.1, -0.05) is 18.2 Å². The van der Waals surface area contributed by atoms with Crippen molar-refractivity contribution in [1.82, 2.24) is 14.8 Å². The maximum Gasteiger partial charge on any atom is 0.278 e. The van der Waals surface area contributed by atoms with Crippen LogP contribution in [0.2, 0.25) is 0 Å². The minimum atomic E-state index is -0.203. The number of amides is 2. The molecule has 0 spiro atoms. The molecule has 0 radical (unpaired) electrons. The van der Waals surface area contributed by atoms with E-state index in [0.717, 1.165) is 23.1 Å². The zero-order valence-corrected chi connectivity index (χ0v) is 17.9. The summed E-state index contributed by atoms with van der Waals surface area (Å²) >= 11 is 0. The van der Waals surface area contributed by atoms with Gasteiger partial charge in [0.2, 0.25) is 0 Å². The fraction of sp³-hybridized carbons (Fsp3) is 0.375. The molecule has 1 aromatic heterocycles. The number of hydrogen-bond donors (Lipinski definition) is 0. The van der Waals surface area contributed by atoms with E-state index in [1.165, 1.54) is 10.5 Å². The second-order valence-corrected chi connectivity index (χ2v) is 7.78. The molecule has 0 bridgehead atoms. The monoisotopic (exact) mass is 391 g/mol. The molecule has 5 nitrogen and oxygen atoms in total. The quantitative estimate of drug-likeness (QED) is 0.675. The maximum atomic E-state index is 13.3. The van der Waals surface area contributed by atoms with Crippen LogP contribution in [0.4, 0.5) is 0 Å². The number of aromatic nitrogens is 1. The van der Waals surface area contributed by atoms with Crippen molar-refractivity contribution in [3.8, 4) is 0 Å². The number of pyridine rings is 1. The SMILES string of the molecule is CCN(CCc1ccncc1)C1=C(c2ccc(C)c(C)c2)C(=O)N(C(C)C)C1=O. The summed E-state index contributed by atoms with van der Waals surface area (Å²) in [5.41, 5.74) is 5.28. The number of rotatable bonds is 7. The summed E-state index contributed by atoms with van der Waals surface area (Å²) in [6.45, 7) is 11.2. The van der Waals surface area contributed by atoms with Crippen molar-refractivity contribution in [2.24, 2.45) is 0 Å². The van der Waals surface area contributed by atoms with Gasteiger partial charge in [-0.2, -0.15) is 0 Å². The lowest BCUT2D eigenvalue weighted by molar-refractivity contribution is -0.139. The second-order valence-electron chi connectivity index (χ2n) is 7.78. The molecule has 0 aliphatic carbocycles. The van der Waals surface area contributed by atoms with Crippen LogP contribution in [0.15, 0.2) is 48.4 Å². The van der Waals surface area contributed by atoms with Crippen LogP contribution < -0.4 is 0 Å². The summed E-state index contributed by atoms with van der Waals surface area (Å²) in [5, 5.41) is 0. The summed E-state index contributed by atoms with van der Waals surface area (Å²) < 4.78 is 0. The third-order valence-electron chi connectivity index (χ3n) is 5.52. The van der Waals surface area contributed by atoms with Crippen molar-refractivity contribution in [1.29, 1.82) is 0 Å². The van der Waals surface area contributed by atoms with Crippen molar-refractivity contribution < 1.29 is 9.59 Å². The third kappa shape index (κ3) is 4.09. The van der Waals surface area contributed by atoms with E-state index in [1.54, 1.807) is 12.4 Å². The normalized spacial score (nSPS) is 14.3. The summed E-state index contributed by atoms with van der Waals surface area (Å²) in [6, 6.07) is 9.74. The first-order chi connectivity index (χ1) is 13.8. The van der Waals surface area contributed by atoms with E-state index < -0.39 is 0 Å². The molecule has 152 valence electrons. The highest BCUT2D eigenvalue weighted by Gasteiger charge is 2.42. The van der Waals surface area contributed by atoms with Crippen LogP contribution in [-0.4, -0.2) is 45.7 Å². The molecular weight excluding hydrogens is 362 g/mol. The lowest BCUT2D eigenvalue weighted by Gasteiger charge is -2.25. The second kappa shape index (κ2) is 8.60. The fourth-order valence-electron chi connectivity index (χ4n) is 3.70. The molecule has 1 aliphatic heterocycles. The Morgan fingerprint density at radius 2 is 1.69 bits per heavy atom. The summed E-state index contributed by atoms with van der Waals surface area (Å²) in [5.74, 6) is -0.402. The lowest BCUT2D eigenvalue weighted by Crippen LogP contribution is -2.40. The van der Waals surface area contributed by atoms with E-state index in [9.17, 15) is 9.59 Å². The Hall–Kier alpha value is -2.95. The first-order valence-electron chi connectivity index (χ1n) is 10.2. The van der Waals surface area contributed by atoms with Gasteiger partial charge in [0.1, 0.15) is 5.70 Å². The zero-order valence-electron chi connectivity index (χ0n) is 17.9. The molecule has 0 unspecified atom stereocenters. The van der Waals surface area contributed by atoms with Crippen LogP contribution in [0.25, 0.3) is 5.57 Å². The fourth-order valence-corrected chi connectivity index (χ4v) is 3.70. The van der Waals surface area contributed by atoms with Gasteiger partial charge >= 0.3 is 0 Å². The molecule has 2 amide bonds. The molecule has 3 rings (SSSR count). The summed E-state index contributed by atoms with van der Waals surface area (Å²) in [7, 11) is 0. The van der Waals surface area contributed by atoms with Crippen LogP contribution in [0.3, 0.4) is 0 Å². The van der Waals surface area contributed by atoms with Crippen molar-refractivity contribution in [2.75, 3.05) is 13.1 Å². The molecule has 1 aliphatic rings. The number of imide groups is 1. The highest BCUT2D eigenvalue weighted by Crippen LogP contribution is 2.33. The number of aryl methyl sites for hydroxylation is 2. The van der Waals surface area contributed by atoms with Crippen molar-refractivity contribution in [3.63, 3.8) is 0 Å². The van der Waals surface area contributed by atoms with E-state index in [1.807, 2.05) is 69.9 Å². The Labute approximate surface area is 173 Å². The number of likely N-dealkylation sites (N-methyl/N-ethyl adjacent to an activating group) is 1. The lowest BCUT2D eigenvalue weighted by atomic mass is 9.99. The van der Waals surface area contributed by atoms with Crippen LogP contribution in [0, 0.1) is 13.8 Å². The van der Waals surface area contributed by atoms with Crippen LogP contribution in [0.5, 0.6) is 0 Å². The summed E-state index contributed by atoms with van der Waals surface area (Å²) in [4.78, 5) is 34.1. The average molecular weight is 392 g/mol. The minimum Gasteiger partial charge on any atom is -0.366 e. The van der Waals surface area contributed by atoms with Gasteiger partial charge in [0.15, 0.2) is 0 Å². The first-order valence-corrected chi connectivity index (χ1v) is 10.2. The van der Waals surface area contributed by atoms with Gasteiger partial charge in [-0.15, -0.1) is 0 Å². The van der Waals surface area contributed by atoms with Gasteiger partial charge in [-0.05, 0) is 75.4 Å². The van der Waals surface area contributed by atoms with Crippen LogP contribution in [0.1, 0.15) is 43.0 Å². The molecule has 0 N–H and O–H groups in total. The predicted molar refractivity (Wildman–Crippen MR) is 115 cm³/mol. The third-order valence-corrected chi connectivity index (χ3v) is 5.52. The van der Waals surface area contributed by atoms with Crippen LogP contribution >= 0.6 is 0 Å². The standard InChI is InChI=1S/C24H29N3O2/c1-6-26(14-11-19-9-12-25-13-10-19)22-21(20-8-7-17(4)18(5)15-20)23(28)27(16(2)3)24(22)29/h7-10,12-13,15-16H,6,11,14H2,1-5H3. The van der Waals surface area contributed by atoms with Crippen molar-refractivity contribution >= 4 is 17.4 Å². The van der Waals surface area contributed by atoms with E-state index in [2.05, 4.69) is 4.98 Å². The number of carbonyl (C=O) groups excluding carboxylic acids is 2. The Balaban J connectivity index is 2.04. The zero-order chi connectivity index (χ0) is 21.1. The number of nitrogens with zero attached hydrogens (tertiary/aromatic N) is 3. The molecule has 29 heavy (non-hydrogen) atoms. The number of hydrogen-bond acceptors (Lipinski definition) is 4. The average Bonchev–Trinajstić information content (AvgIpc) is 2.96. The number of carbonyl (C=O) groups is 2. The van der Waals surface area contributed by atoms with Crippen molar-refractivity contribution in [2.45, 2.75) is 47.1 Å². The van der Waals surface area contributed by atoms with Crippen LogP contribution in [-0.2, 0) is 16.0 Å². The van der Waals surface area contributed by atoms with Gasteiger partial charge in [0.25, 0.3) is 11.8 Å². The Bertz CT molecular complexity index is 948. The van der Waals surface area contributed by atoms with Gasteiger partial charge in [-0.3, -0.25) is 19.5 Å². The van der Waals surface area contributed by atoms with Crippen molar-refractivity contribution in [3.05, 3.63) is 70.7 Å². The molecule has 1 aromatic carbocycles. The molecule has 0 saturated carbocycles. The van der Waals surface area contributed by atoms with Gasteiger partial charge in [0.05, 0.1) is 5.57 Å². The molecule has 0 atom stereocenters. The Kier molecular flexibility index (Phi) is 6.16. The molecule has 0 saturated heterocycles. The smallest absolute Gasteiger partial charge is 0.278 e. The maximum absolute atomic E-state index is 13.3. The minimum absolute atomic E-state index is 0.187. The largest absolute Gasteiger partial charge is 0.366 e. The Morgan fingerprint density at radius 3 is 2.28 bits per heavy atom.